The van der Waals surface area contributed by atoms with Gasteiger partial charge in [-0.1, -0.05) is 12.2 Å². The first-order chi connectivity index (χ1) is 14.3. The predicted octanol–water partition coefficient (Wildman–Crippen LogP) is 2.01. The van der Waals surface area contributed by atoms with Gasteiger partial charge in [0.05, 0.1) is 12.4 Å². The molecule has 0 saturated carbocycles. The van der Waals surface area contributed by atoms with E-state index in [4.69, 9.17) is 19.3 Å². The number of ether oxygens (including phenoxy) is 3. The quantitative estimate of drug-likeness (QED) is 0.331. The van der Waals surface area contributed by atoms with Gasteiger partial charge in [-0.2, -0.15) is 4.31 Å². The fourth-order valence-corrected chi connectivity index (χ4v) is 3.64. The summed E-state index contributed by atoms with van der Waals surface area (Å²) in [5, 5.41) is 18.7. The zero-order chi connectivity index (χ0) is 22.0. The van der Waals surface area contributed by atoms with E-state index in [9.17, 15) is 18.3 Å². The number of hydrogen-bond donors (Lipinski definition) is 2. The fourth-order valence-electron chi connectivity index (χ4n) is 2.82. The lowest BCUT2D eigenvalue weighted by molar-refractivity contribution is -0.137. The second-order valence-electron chi connectivity index (χ2n) is 7.00. The van der Waals surface area contributed by atoms with E-state index in [1.807, 2.05) is 0 Å². The maximum absolute atomic E-state index is 11.9. The number of allylic oxidation sites excluding steroid dienone is 1. The van der Waals surface area contributed by atoms with Gasteiger partial charge in [-0.15, -0.1) is 0 Å². The van der Waals surface area contributed by atoms with Crippen molar-refractivity contribution in [2.45, 2.75) is 38.2 Å². The van der Waals surface area contributed by atoms with Gasteiger partial charge in [0.15, 0.2) is 11.5 Å². The molecule has 1 aromatic rings. The van der Waals surface area contributed by atoms with Crippen LogP contribution in [0.25, 0.3) is 0 Å². The van der Waals surface area contributed by atoms with Crippen LogP contribution >= 0.6 is 0 Å². The highest BCUT2D eigenvalue weighted by Gasteiger charge is 2.17. The molecule has 2 rings (SSSR count). The van der Waals surface area contributed by atoms with E-state index in [2.05, 4.69) is 0 Å². The summed E-state index contributed by atoms with van der Waals surface area (Å²) in [4.78, 5) is 10.5. The van der Waals surface area contributed by atoms with E-state index >= 15 is 0 Å². The number of carboxylic acids is 1. The molecule has 1 heterocycles. The Bertz CT molecular complexity index is 824. The molecule has 30 heavy (non-hydrogen) atoms. The molecule has 1 aliphatic rings. The second kappa shape index (κ2) is 11.8. The summed E-state index contributed by atoms with van der Waals surface area (Å²) in [7, 11) is -3.38. The van der Waals surface area contributed by atoms with Crippen LogP contribution in [0.2, 0.25) is 0 Å². The normalized spacial score (nSPS) is 14.4. The number of carbonyl (C=O) groups is 1. The van der Waals surface area contributed by atoms with Crippen molar-refractivity contribution in [1.82, 2.24) is 4.31 Å². The van der Waals surface area contributed by atoms with Crippen LogP contribution in [0, 0.1) is 0 Å². The molecule has 0 aromatic heterocycles. The molecule has 9 nitrogen and oxygen atoms in total. The van der Waals surface area contributed by atoms with Gasteiger partial charge in [-0.3, -0.25) is 4.79 Å². The first-order valence-electron chi connectivity index (χ1n) is 9.78. The third-order valence-electron chi connectivity index (χ3n) is 4.44. The fraction of sp³-hybridized carbons (Fsp3) is 0.550. The van der Waals surface area contributed by atoms with Crippen molar-refractivity contribution in [2.75, 3.05) is 32.7 Å². The maximum atomic E-state index is 11.9. The van der Waals surface area contributed by atoms with Crippen LogP contribution < -0.4 is 14.2 Å². The second-order valence-corrected chi connectivity index (χ2v) is 8.98. The highest BCUT2D eigenvalue weighted by molar-refractivity contribution is 7.88. The molecule has 0 radical (unpaired) electrons. The topological polar surface area (TPSA) is 123 Å². The van der Waals surface area contributed by atoms with E-state index in [1.165, 1.54) is 4.31 Å². The van der Waals surface area contributed by atoms with Crippen LogP contribution in [-0.2, 0) is 14.8 Å². The predicted molar refractivity (Wildman–Crippen MR) is 110 cm³/mol. The smallest absolute Gasteiger partial charge is 0.303 e. The summed E-state index contributed by atoms with van der Waals surface area (Å²) >= 11 is 0. The van der Waals surface area contributed by atoms with E-state index in [0.717, 1.165) is 6.26 Å². The standard InChI is InChI=1S/C20H29NO8S/c1-30(25,26)21(11-5-3-2-4-8-20(23)24)12-6-7-16(22)14-27-17-9-10-18-19(13-17)29-15-28-18/h3,5,9-10,13,16,22H,2,4,6-8,11-12,14-15H2,1H3,(H,23,24). The number of nitrogens with zero attached hydrogens (tertiary/aromatic N) is 1. The molecule has 0 fully saturated rings. The Hall–Kier alpha value is -2.30. The summed E-state index contributed by atoms with van der Waals surface area (Å²) in [5.74, 6) is 0.966. The average molecular weight is 444 g/mol. The van der Waals surface area contributed by atoms with Gasteiger partial charge < -0.3 is 24.4 Å². The van der Waals surface area contributed by atoms with Gasteiger partial charge in [0.1, 0.15) is 12.4 Å². The summed E-state index contributed by atoms with van der Waals surface area (Å²) in [6, 6.07) is 5.17. The molecule has 0 aliphatic carbocycles. The molecule has 2 N–H and O–H groups in total. The number of aliphatic carboxylic acids is 1. The van der Waals surface area contributed by atoms with Crippen LogP contribution in [0.15, 0.2) is 30.4 Å². The van der Waals surface area contributed by atoms with Crippen molar-refractivity contribution in [3.63, 3.8) is 0 Å². The molecule has 0 spiro atoms. The van der Waals surface area contributed by atoms with Crippen molar-refractivity contribution in [1.29, 1.82) is 0 Å². The number of unbranched alkanes of at least 4 members (excludes halogenated alkanes) is 1. The van der Waals surface area contributed by atoms with Crippen molar-refractivity contribution in [2.24, 2.45) is 0 Å². The third kappa shape index (κ3) is 8.60. The van der Waals surface area contributed by atoms with Crippen LogP contribution in [-0.4, -0.2) is 67.8 Å². The summed E-state index contributed by atoms with van der Waals surface area (Å²) in [6.07, 6.45) is 5.97. The summed E-state index contributed by atoms with van der Waals surface area (Å²) < 4.78 is 41.2. The van der Waals surface area contributed by atoms with E-state index in [0.29, 0.717) is 42.9 Å². The van der Waals surface area contributed by atoms with Gasteiger partial charge in [0.2, 0.25) is 16.8 Å². The van der Waals surface area contributed by atoms with Gasteiger partial charge in [-0.25, -0.2) is 8.42 Å². The minimum Gasteiger partial charge on any atom is -0.491 e. The number of fused-ring (bicyclic) bond motifs is 1. The Morgan fingerprint density at radius 2 is 2.03 bits per heavy atom. The Kier molecular flexibility index (Phi) is 9.41. The number of aliphatic hydroxyl groups excluding tert-OH is 1. The van der Waals surface area contributed by atoms with Crippen LogP contribution in [0.1, 0.15) is 32.1 Å². The zero-order valence-electron chi connectivity index (χ0n) is 17.0. The van der Waals surface area contributed by atoms with Gasteiger partial charge in [0, 0.05) is 25.6 Å². The lowest BCUT2D eigenvalue weighted by atomic mass is 10.2. The molecule has 10 heteroatoms. The molecule has 168 valence electrons. The number of carboxylic acid groups (broad SMARTS) is 1. The van der Waals surface area contributed by atoms with Crippen molar-refractivity contribution in [3.05, 3.63) is 30.4 Å². The molecule has 1 atom stereocenters. The lowest BCUT2D eigenvalue weighted by Crippen LogP contribution is -2.32. The minimum atomic E-state index is -3.38. The van der Waals surface area contributed by atoms with E-state index in [-0.39, 0.29) is 32.9 Å². The first kappa shape index (κ1) is 24.0. The molecular weight excluding hydrogens is 414 g/mol. The van der Waals surface area contributed by atoms with E-state index < -0.39 is 22.1 Å². The van der Waals surface area contributed by atoms with Crippen molar-refractivity contribution >= 4 is 16.0 Å². The number of sulfonamides is 1. The first-order valence-corrected chi connectivity index (χ1v) is 11.6. The van der Waals surface area contributed by atoms with Gasteiger partial charge in [-0.05, 0) is 37.8 Å². The van der Waals surface area contributed by atoms with Crippen LogP contribution in [0.5, 0.6) is 17.2 Å². The SMILES string of the molecule is CS(=O)(=O)N(CC=CCCCC(=O)O)CCCC(O)COc1ccc2c(c1)OCO2. The largest absolute Gasteiger partial charge is 0.491 e. The highest BCUT2D eigenvalue weighted by Crippen LogP contribution is 2.35. The van der Waals surface area contributed by atoms with Gasteiger partial charge in [0.25, 0.3) is 0 Å². The Morgan fingerprint density at radius 3 is 2.77 bits per heavy atom. The maximum Gasteiger partial charge on any atom is 0.303 e. The number of benzene rings is 1. The van der Waals surface area contributed by atoms with Gasteiger partial charge >= 0.3 is 5.97 Å². The van der Waals surface area contributed by atoms with E-state index in [1.54, 1.807) is 30.4 Å². The average Bonchev–Trinajstić information content (AvgIpc) is 3.14. The zero-order valence-corrected chi connectivity index (χ0v) is 17.8. The molecule has 0 bridgehead atoms. The number of aliphatic hydroxyl groups is 1. The number of rotatable bonds is 14. The molecule has 0 amide bonds. The Morgan fingerprint density at radius 1 is 1.27 bits per heavy atom. The van der Waals surface area contributed by atoms with Crippen LogP contribution in [0.4, 0.5) is 0 Å². The van der Waals surface area contributed by atoms with Crippen LogP contribution in [0.3, 0.4) is 0 Å². The lowest BCUT2D eigenvalue weighted by Gasteiger charge is -2.19. The molecule has 0 saturated heterocycles. The highest BCUT2D eigenvalue weighted by atomic mass is 32.2. The molecule has 1 aliphatic heterocycles. The summed E-state index contributed by atoms with van der Waals surface area (Å²) in [6.45, 7) is 0.757. The number of hydrogen-bond acceptors (Lipinski definition) is 7. The van der Waals surface area contributed by atoms with Crippen molar-refractivity contribution < 1.29 is 37.6 Å². The Labute approximate surface area is 176 Å². The molecule has 1 unspecified atom stereocenters. The third-order valence-corrected chi connectivity index (χ3v) is 5.71. The molecular formula is C20H29NO8S. The molecule has 1 aromatic carbocycles. The van der Waals surface area contributed by atoms with Crippen molar-refractivity contribution in [3.8, 4) is 17.2 Å². The Balaban J connectivity index is 1.69. The monoisotopic (exact) mass is 443 g/mol. The summed E-state index contributed by atoms with van der Waals surface area (Å²) in [5.41, 5.74) is 0. The minimum absolute atomic E-state index is 0.0853.